The summed E-state index contributed by atoms with van der Waals surface area (Å²) < 4.78 is 23.1. The zero-order valence-corrected chi connectivity index (χ0v) is 16.8. The van der Waals surface area contributed by atoms with Crippen LogP contribution in [0.2, 0.25) is 0 Å². The Morgan fingerprint density at radius 3 is 2.15 bits per heavy atom. The smallest absolute Gasteiger partial charge is 0.245 e. The number of carbonyl (C=O) groups is 2. The van der Waals surface area contributed by atoms with Crippen LogP contribution in [0.4, 0.5) is 11.4 Å². The van der Waals surface area contributed by atoms with E-state index in [9.17, 15) is 18.0 Å². The Kier molecular flexibility index (Phi) is 7.61. The molecule has 0 radical (unpaired) electrons. The van der Waals surface area contributed by atoms with Crippen LogP contribution >= 0.6 is 12.4 Å². The lowest BCUT2D eigenvalue weighted by Crippen LogP contribution is -2.55. The van der Waals surface area contributed by atoms with Crippen LogP contribution < -0.4 is 16.0 Å². The molecule has 1 fully saturated rings. The van der Waals surface area contributed by atoms with Crippen LogP contribution in [0.1, 0.15) is 26.7 Å². The molecule has 0 unspecified atom stereocenters. The Labute approximate surface area is 160 Å². The van der Waals surface area contributed by atoms with Crippen molar-refractivity contribution in [2.24, 2.45) is 5.92 Å². The van der Waals surface area contributed by atoms with Crippen molar-refractivity contribution in [3.63, 3.8) is 0 Å². The van der Waals surface area contributed by atoms with Gasteiger partial charge in [0.05, 0.1) is 0 Å². The predicted molar refractivity (Wildman–Crippen MR) is 105 cm³/mol. The molecule has 0 aliphatic carbocycles. The largest absolute Gasteiger partial charge is 0.326 e. The number of sulfone groups is 1. The number of piperidine rings is 1. The van der Waals surface area contributed by atoms with E-state index < -0.39 is 20.5 Å². The average Bonchev–Trinajstić information content (AvgIpc) is 2.54. The van der Waals surface area contributed by atoms with E-state index in [4.69, 9.17) is 0 Å². The number of nitrogens with one attached hydrogen (secondary N) is 3. The number of rotatable bonds is 5. The average molecular weight is 404 g/mol. The van der Waals surface area contributed by atoms with Crippen LogP contribution in [0.15, 0.2) is 24.3 Å². The molecule has 1 aliphatic rings. The van der Waals surface area contributed by atoms with Crippen molar-refractivity contribution < 1.29 is 18.0 Å². The first-order chi connectivity index (χ1) is 11.7. The minimum Gasteiger partial charge on any atom is -0.326 e. The van der Waals surface area contributed by atoms with Crippen molar-refractivity contribution in [1.29, 1.82) is 0 Å². The summed E-state index contributed by atoms with van der Waals surface area (Å²) in [6, 6.07) is 6.70. The highest BCUT2D eigenvalue weighted by atomic mass is 35.5. The summed E-state index contributed by atoms with van der Waals surface area (Å²) >= 11 is 0. The Morgan fingerprint density at radius 1 is 1.12 bits per heavy atom. The van der Waals surface area contributed by atoms with E-state index in [2.05, 4.69) is 16.0 Å². The van der Waals surface area contributed by atoms with Gasteiger partial charge in [-0.25, -0.2) is 8.42 Å². The lowest BCUT2D eigenvalue weighted by Gasteiger charge is -2.34. The Hall–Kier alpha value is -1.64. The number of halogens is 1. The number of hydrogen-bond donors (Lipinski definition) is 3. The molecule has 146 valence electrons. The number of benzene rings is 1. The van der Waals surface area contributed by atoms with Gasteiger partial charge in [0.15, 0.2) is 14.6 Å². The van der Waals surface area contributed by atoms with Crippen molar-refractivity contribution in [1.82, 2.24) is 5.32 Å². The number of anilines is 2. The van der Waals surface area contributed by atoms with Gasteiger partial charge < -0.3 is 16.0 Å². The second-order valence-corrected chi connectivity index (χ2v) is 9.02. The van der Waals surface area contributed by atoms with E-state index in [1.54, 1.807) is 38.1 Å². The SMILES string of the molecule is CC(C)C(=O)Nc1cccc(NC(=O)C2(S(C)(=O)=O)CCNCC2)c1.Cl. The van der Waals surface area contributed by atoms with Crippen LogP contribution in [0.5, 0.6) is 0 Å². The summed E-state index contributed by atoms with van der Waals surface area (Å²) in [6.07, 6.45) is 1.58. The number of amides is 2. The molecule has 2 amide bonds. The van der Waals surface area contributed by atoms with Gasteiger partial charge in [-0.15, -0.1) is 12.4 Å². The lowest BCUT2D eigenvalue weighted by atomic mass is 9.95. The number of carbonyl (C=O) groups excluding carboxylic acids is 2. The van der Waals surface area contributed by atoms with Crippen molar-refractivity contribution >= 4 is 45.4 Å². The Bertz CT molecular complexity index is 759. The van der Waals surface area contributed by atoms with Gasteiger partial charge >= 0.3 is 0 Å². The van der Waals surface area contributed by atoms with E-state index in [0.717, 1.165) is 6.26 Å². The third-order valence-corrected chi connectivity index (χ3v) is 6.46. The molecule has 1 aromatic carbocycles. The zero-order valence-electron chi connectivity index (χ0n) is 15.2. The van der Waals surface area contributed by atoms with Gasteiger partial charge in [0.2, 0.25) is 11.8 Å². The highest BCUT2D eigenvalue weighted by Gasteiger charge is 2.48. The van der Waals surface area contributed by atoms with Crippen LogP contribution in [-0.2, 0) is 19.4 Å². The summed E-state index contributed by atoms with van der Waals surface area (Å²) in [4.78, 5) is 24.6. The molecule has 3 N–H and O–H groups in total. The summed E-state index contributed by atoms with van der Waals surface area (Å²) in [5.41, 5.74) is 1.00. The minimum absolute atomic E-state index is 0. The van der Waals surface area contributed by atoms with Crippen molar-refractivity contribution in [2.45, 2.75) is 31.4 Å². The summed E-state index contributed by atoms with van der Waals surface area (Å²) in [5.74, 6) is -0.820. The molecule has 1 aliphatic heterocycles. The third-order valence-electron chi connectivity index (χ3n) is 4.45. The van der Waals surface area contributed by atoms with E-state index in [-0.39, 0.29) is 37.1 Å². The zero-order chi connectivity index (χ0) is 18.7. The highest BCUT2D eigenvalue weighted by molar-refractivity contribution is 7.92. The molecule has 1 heterocycles. The van der Waals surface area contributed by atoms with E-state index in [1.165, 1.54) is 0 Å². The van der Waals surface area contributed by atoms with Crippen LogP contribution in [-0.4, -0.2) is 44.3 Å². The topological polar surface area (TPSA) is 104 Å². The van der Waals surface area contributed by atoms with Gasteiger partial charge in [-0.1, -0.05) is 19.9 Å². The quantitative estimate of drug-likeness (QED) is 0.695. The predicted octanol–water partition coefficient (Wildman–Crippen LogP) is 1.81. The van der Waals surface area contributed by atoms with E-state index in [1.807, 2.05) is 0 Å². The molecule has 7 nitrogen and oxygen atoms in total. The van der Waals surface area contributed by atoms with Gasteiger partial charge in [-0.2, -0.15) is 0 Å². The second-order valence-electron chi connectivity index (χ2n) is 6.70. The first-order valence-corrected chi connectivity index (χ1v) is 10.2. The van der Waals surface area contributed by atoms with Gasteiger partial charge in [-0.3, -0.25) is 9.59 Å². The molecule has 0 atom stereocenters. The van der Waals surface area contributed by atoms with Crippen LogP contribution in [0, 0.1) is 5.92 Å². The molecule has 1 aromatic rings. The fourth-order valence-electron chi connectivity index (χ4n) is 2.80. The van der Waals surface area contributed by atoms with Crippen LogP contribution in [0.3, 0.4) is 0 Å². The van der Waals surface area contributed by atoms with Gasteiger partial charge in [0, 0.05) is 23.5 Å². The second kappa shape index (κ2) is 8.83. The van der Waals surface area contributed by atoms with Crippen LogP contribution in [0.25, 0.3) is 0 Å². The maximum absolute atomic E-state index is 12.8. The molecule has 26 heavy (non-hydrogen) atoms. The monoisotopic (exact) mass is 403 g/mol. The molecule has 0 bridgehead atoms. The first-order valence-electron chi connectivity index (χ1n) is 8.28. The minimum atomic E-state index is -3.57. The lowest BCUT2D eigenvalue weighted by molar-refractivity contribution is -0.119. The molecule has 0 spiro atoms. The maximum Gasteiger partial charge on any atom is 0.245 e. The molecular weight excluding hydrogens is 378 g/mol. The van der Waals surface area contributed by atoms with Crippen molar-refractivity contribution in [3.05, 3.63) is 24.3 Å². The summed E-state index contributed by atoms with van der Waals surface area (Å²) in [5, 5.41) is 8.54. The van der Waals surface area contributed by atoms with Gasteiger partial charge in [-0.05, 0) is 44.1 Å². The molecule has 9 heteroatoms. The maximum atomic E-state index is 12.8. The first kappa shape index (κ1) is 22.4. The standard InChI is InChI=1S/C17H25N3O4S.ClH/c1-12(2)15(21)19-13-5-4-6-14(11-13)20-16(22)17(25(3,23)24)7-9-18-10-8-17;/h4-6,11-12,18H,7-10H2,1-3H3,(H,19,21)(H,20,22);1H. The van der Waals surface area contributed by atoms with Gasteiger partial charge in [0.1, 0.15) is 0 Å². The Morgan fingerprint density at radius 2 is 1.65 bits per heavy atom. The molecule has 1 saturated heterocycles. The fraction of sp³-hybridized carbons (Fsp3) is 0.529. The summed E-state index contributed by atoms with van der Waals surface area (Å²) in [6.45, 7) is 4.53. The highest BCUT2D eigenvalue weighted by Crippen LogP contribution is 2.29. The molecule has 2 rings (SSSR count). The van der Waals surface area contributed by atoms with E-state index >= 15 is 0 Å². The molecular formula is C17H26ClN3O4S. The molecule has 0 saturated carbocycles. The molecule has 0 aromatic heterocycles. The van der Waals surface area contributed by atoms with Crippen molar-refractivity contribution in [3.8, 4) is 0 Å². The van der Waals surface area contributed by atoms with Crippen molar-refractivity contribution in [2.75, 3.05) is 30.0 Å². The third kappa shape index (κ3) is 4.96. The Balaban J connectivity index is 0.00000338. The number of hydrogen-bond acceptors (Lipinski definition) is 5. The normalized spacial score (nSPS) is 16.5. The fourth-order valence-corrected chi connectivity index (χ4v) is 4.14. The van der Waals surface area contributed by atoms with Gasteiger partial charge in [0.25, 0.3) is 0 Å². The van der Waals surface area contributed by atoms with E-state index in [0.29, 0.717) is 24.5 Å². The summed E-state index contributed by atoms with van der Waals surface area (Å²) in [7, 11) is -3.57.